The standard InChI is InChI=1S/C35H37NO2/c1-8-35(37)38-28(7)27(6)29-11-13-30(14-12-29)31-15-19-32(20-16-31)36(33-17-9-23(2)25(4)21-33)34-18-10-24(3)26(5)22-34/h8-22,27-28H,1H2,2-7H3. The number of carbonyl (C=O) groups excluding carboxylic acids is 1. The van der Waals surface area contributed by atoms with Gasteiger partial charge in [0.1, 0.15) is 6.10 Å². The van der Waals surface area contributed by atoms with Crippen molar-refractivity contribution in [2.24, 2.45) is 0 Å². The number of nitrogens with zero attached hydrogens (tertiary/aromatic N) is 1. The first kappa shape index (κ1) is 26.9. The fourth-order valence-electron chi connectivity index (χ4n) is 4.56. The highest BCUT2D eigenvalue weighted by Gasteiger charge is 2.18. The summed E-state index contributed by atoms with van der Waals surface area (Å²) >= 11 is 0. The molecule has 0 aliphatic heterocycles. The van der Waals surface area contributed by atoms with E-state index in [1.165, 1.54) is 28.3 Å². The van der Waals surface area contributed by atoms with Crippen LogP contribution in [-0.2, 0) is 9.53 Å². The molecule has 0 N–H and O–H groups in total. The number of hydrogen-bond acceptors (Lipinski definition) is 3. The molecular formula is C35H37NO2. The van der Waals surface area contributed by atoms with E-state index in [4.69, 9.17) is 4.74 Å². The number of aryl methyl sites for hydroxylation is 4. The largest absolute Gasteiger partial charge is 0.459 e. The van der Waals surface area contributed by atoms with Crippen molar-refractivity contribution in [3.63, 3.8) is 0 Å². The highest BCUT2D eigenvalue weighted by molar-refractivity contribution is 5.81. The summed E-state index contributed by atoms with van der Waals surface area (Å²) in [6, 6.07) is 30.5. The molecule has 0 fully saturated rings. The third kappa shape index (κ3) is 5.89. The van der Waals surface area contributed by atoms with Crippen LogP contribution in [0.1, 0.15) is 47.6 Å². The fourth-order valence-corrected chi connectivity index (χ4v) is 4.56. The van der Waals surface area contributed by atoms with Crippen LogP contribution in [0, 0.1) is 27.7 Å². The van der Waals surface area contributed by atoms with Gasteiger partial charge in [-0.05, 0) is 110 Å². The molecular weight excluding hydrogens is 466 g/mol. The molecule has 4 rings (SSSR count). The molecule has 4 aromatic carbocycles. The SMILES string of the molecule is C=CC(=O)OC(C)C(C)c1ccc(-c2ccc(N(c3ccc(C)c(C)c3)c3ccc(C)c(C)c3)cc2)cc1. The molecule has 0 aliphatic rings. The summed E-state index contributed by atoms with van der Waals surface area (Å²) in [4.78, 5) is 13.9. The van der Waals surface area contributed by atoms with E-state index in [0.717, 1.165) is 33.8 Å². The lowest BCUT2D eigenvalue weighted by atomic mass is 9.94. The van der Waals surface area contributed by atoms with Crippen LogP contribution in [-0.4, -0.2) is 12.1 Å². The van der Waals surface area contributed by atoms with Crippen molar-refractivity contribution in [2.45, 2.75) is 53.6 Å². The minimum atomic E-state index is -0.392. The first-order chi connectivity index (χ1) is 18.2. The Balaban J connectivity index is 1.63. The van der Waals surface area contributed by atoms with Gasteiger partial charge in [-0.25, -0.2) is 4.79 Å². The van der Waals surface area contributed by atoms with E-state index in [0.29, 0.717) is 0 Å². The van der Waals surface area contributed by atoms with Crippen molar-refractivity contribution in [3.8, 4) is 11.1 Å². The van der Waals surface area contributed by atoms with E-state index in [9.17, 15) is 4.79 Å². The molecule has 0 saturated heterocycles. The molecule has 2 atom stereocenters. The van der Waals surface area contributed by atoms with E-state index < -0.39 is 5.97 Å². The summed E-state index contributed by atoms with van der Waals surface area (Å²) in [6.45, 7) is 16.1. The van der Waals surface area contributed by atoms with Crippen LogP contribution in [0.15, 0.2) is 97.6 Å². The van der Waals surface area contributed by atoms with E-state index in [1.807, 2.05) is 6.92 Å². The van der Waals surface area contributed by atoms with Crippen LogP contribution in [0.25, 0.3) is 11.1 Å². The van der Waals surface area contributed by atoms with Gasteiger partial charge in [0, 0.05) is 29.1 Å². The average Bonchev–Trinajstić information content (AvgIpc) is 2.92. The van der Waals surface area contributed by atoms with Crippen molar-refractivity contribution < 1.29 is 9.53 Å². The van der Waals surface area contributed by atoms with Gasteiger partial charge in [0.15, 0.2) is 0 Å². The maximum Gasteiger partial charge on any atom is 0.330 e. The van der Waals surface area contributed by atoms with Gasteiger partial charge in [0.25, 0.3) is 0 Å². The summed E-state index contributed by atoms with van der Waals surface area (Å²) in [5.41, 5.74) is 12.0. The Hall–Kier alpha value is -4.11. The van der Waals surface area contributed by atoms with Crippen LogP contribution in [0.3, 0.4) is 0 Å². The predicted molar refractivity (Wildman–Crippen MR) is 160 cm³/mol. The monoisotopic (exact) mass is 503 g/mol. The number of rotatable bonds is 8. The Morgan fingerprint density at radius 1 is 0.684 bits per heavy atom. The molecule has 0 radical (unpaired) electrons. The topological polar surface area (TPSA) is 29.5 Å². The van der Waals surface area contributed by atoms with E-state index in [-0.39, 0.29) is 12.0 Å². The van der Waals surface area contributed by atoms with Gasteiger partial charge in [-0.3, -0.25) is 0 Å². The van der Waals surface area contributed by atoms with Gasteiger partial charge < -0.3 is 9.64 Å². The van der Waals surface area contributed by atoms with Crippen LogP contribution >= 0.6 is 0 Å². The maximum absolute atomic E-state index is 11.6. The van der Waals surface area contributed by atoms with Crippen LogP contribution in [0.5, 0.6) is 0 Å². The molecule has 0 heterocycles. The smallest absolute Gasteiger partial charge is 0.330 e. The molecule has 0 aliphatic carbocycles. The molecule has 0 spiro atoms. The summed E-state index contributed by atoms with van der Waals surface area (Å²) < 4.78 is 5.41. The van der Waals surface area contributed by atoms with Gasteiger partial charge in [-0.1, -0.05) is 62.0 Å². The Bertz CT molecular complexity index is 1380. The third-order valence-electron chi connectivity index (χ3n) is 7.57. The highest BCUT2D eigenvalue weighted by atomic mass is 16.5. The zero-order chi connectivity index (χ0) is 27.4. The van der Waals surface area contributed by atoms with Crippen molar-refractivity contribution in [2.75, 3.05) is 4.90 Å². The number of anilines is 3. The Labute approximate surface area is 227 Å². The second-order valence-electron chi connectivity index (χ2n) is 10.2. The lowest BCUT2D eigenvalue weighted by molar-refractivity contribution is -0.143. The Kier molecular flexibility index (Phi) is 8.16. The van der Waals surface area contributed by atoms with Crippen molar-refractivity contribution in [1.82, 2.24) is 0 Å². The normalized spacial score (nSPS) is 12.5. The number of hydrogen-bond donors (Lipinski definition) is 0. The summed E-state index contributed by atoms with van der Waals surface area (Å²) in [5, 5.41) is 0. The zero-order valence-corrected chi connectivity index (χ0v) is 23.3. The van der Waals surface area contributed by atoms with Crippen LogP contribution in [0.2, 0.25) is 0 Å². The number of esters is 1. The van der Waals surface area contributed by atoms with E-state index in [1.54, 1.807) is 0 Å². The maximum atomic E-state index is 11.6. The minimum absolute atomic E-state index is 0.0832. The molecule has 3 heteroatoms. The zero-order valence-electron chi connectivity index (χ0n) is 23.3. The lowest BCUT2D eigenvalue weighted by Crippen LogP contribution is -2.19. The molecule has 194 valence electrons. The lowest BCUT2D eigenvalue weighted by Gasteiger charge is -2.27. The molecule has 0 saturated carbocycles. The molecule has 0 amide bonds. The van der Waals surface area contributed by atoms with Gasteiger partial charge in [-0.2, -0.15) is 0 Å². The fraction of sp³-hybridized carbons (Fsp3) is 0.229. The van der Waals surface area contributed by atoms with Crippen molar-refractivity contribution in [1.29, 1.82) is 0 Å². The summed E-state index contributed by atoms with van der Waals surface area (Å²) in [7, 11) is 0. The number of benzene rings is 4. The molecule has 4 aromatic rings. The quantitative estimate of drug-likeness (QED) is 0.177. The first-order valence-electron chi connectivity index (χ1n) is 13.2. The van der Waals surface area contributed by atoms with E-state index >= 15 is 0 Å². The first-order valence-corrected chi connectivity index (χ1v) is 13.2. The van der Waals surface area contributed by atoms with Crippen molar-refractivity contribution in [3.05, 3.63) is 125 Å². The van der Waals surface area contributed by atoms with Gasteiger partial charge >= 0.3 is 5.97 Å². The van der Waals surface area contributed by atoms with Crippen molar-refractivity contribution >= 4 is 23.0 Å². The molecule has 2 unspecified atom stereocenters. The number of ether oxygens (including phenoxy) is 1. The summed E-state index contributed by atoms with van der Waals surface area (Å²) in [6.07, 6.45) is 0.976. The molecule has 0 bridgehead atoms. The van der Waals surface area contributed by atoms with Gasteiger partial charge in [-0.15, -0.1) is 0 Å². The Morgan fingerprint density at radius 3 is 1.58 bits per heavy atom. The third-order valence-corrected chi connectivity index (χ3v) is 7.57. The average molecular weight is 504 g/mol. The second kappa shape index (κ2) is 11.5. The second-order valence-corrected chi connectivity index (χ2v) is 10.2. The molecule has 0 aromatic heterocycles. The number of carbonyl (C=O) groups is 1. The van der Waals surface area contributed by atoms with Crippen LogP contribution < -0.4 is 4.90 Å². The Morgan fingerprint density at radius 2 is 1.13 bits per heavy atom. The minimum Gasteiger partial charge on any atom is -0.459 e. The predicted octanol–water partition coefficient (Wildman–Crippen LogP) is 9.28. The molecule has 38 heavy (non-hydrogen) atoms. The van der Waals surface area contributed by atoms with Gasteiger partial charge in [0.05, 0.1) is 0 Å². The van der Waals surface area contributed by atoms with Crippen LogP contribution in [0.4, 0.5) is 17.1 Å². The molecule has 3 nitrogen and oxygen atoms in total. The highest BCUT2D eigenvalue weighted by Crippen LogP contribution is 2.37. The van der Waals surface area contributed by atoms with E-state index in [2.05, 4.69) is 131 Å². The summed E-state index contributed by atoms with van der Waals surface area (Å²) in [5.74, 6) is -0.309. The van der Waals surface area contributed by atoms with Gasteiger partial charge in [0.2, 0.25) is 0 Å².